The maximum atomic E-state index is 12.7. The molecule has 0 bridgehead atoms. The molecule has 0 saturated carbocycles. The highest BCUT2D eigenvalue weighted by molar-refractivity contribution is 5.91. The van der Waals surface area contributed by atoms with Gasteiger partial charge in [-0.15, -0.1) is 0 Å². The fraction of sp³-hybridized carbons (Fsp3) is 0.958. The van der Waals surface area contributed by atoms with Crippen LogP contribution in [0.25, 0.3) is 0 Å². The van der Waals surface area contributed by atoms with E-state index in [1.807, 2.05) is 0 Å². The first-order chi connectivity index (χ1) is 21.4. The highest BCUT2D eigenvalue weighted by Crippen LogP contribution is 2.31. The Kier molecular flexibility index (Phi) is 13.7. The number of Topliss-reactive ketones (excluding diaryl/α,β-unsaturated/α-hetero) is 1. The second-order valence-corrected chi connectivity index (χ2v) is 11.2. The van der Waals surface area contributed by atoms with Crippen LogP contribution in [0.2, 0.25) is 0 Å². The molecule has 0 radical (unpaired) electrons. The van der Waals surface area contributed by atoms with E-state index in [4.69, 9.17) is 23.7 Å². The van der Waals surface area contributed by atoms with Gasteiger partial charge in [0.15, 0.2) is 12.6 Å². The summed E-state index contributed by atoms with van der Waals surface area (Å²) >= 11 is 0. The molecular formula is C24H42O22. The molecule has 3 saturated heterocycles. The molecule has 0 aromatic carbocycles. The molecule has 3 fully saturated rings. The summed E-state index contributed by atoms with van der Waals surface area (Å²) in [5.41, 5.74) is 0. The number of hydrogen-bond acceptors (Lipinski definition) is 22. The summed E-state index contributed by atoms with van der Waals surface area (Å²) < 4.78 is 25.6. The second-order valence-electron chi connectivity index (χ2n) is 11.2. The number of aliphatic hydroxyl groups is 16. The van der Waals surface area contributed by atoms with Crippen LogP contribution in [0.1, 0.15) is 0 Å². The van der Waals surface area contributed by atoms with Crippen LogP contribution in [0.3, 0.4) is 0 Å². The van der Waals surface area contributed by atoms with Crippen LogP contribution in [0.5, 0.6) is 0 Å². The SMILES string of the molecule is O=C([C@H](O)[C@@H](O)[C@H](O)[C@H](O)CO[C@H]1O[C@H](CO[C@H]2O[C@H](CO)C(O)C(O)C2O)[C@@H](O)[C@H](O)C1O)[C@@]1(O)O[C@H](CO)[C@@H](O)[C@H](O)[C@@H]1O. The zero-order valence-electron chi connectivity index (χ0n) is 23.8. The lowest BCUT2D eigenvalue weighted by Gasteiger charge is -2.45. The highest BCUT2D eigenvalue weighted by Gasteiger charge is 2.59. The first kappa shape index (κ1) is 39.3. The molecule has 46 heavy (non-hydrogen) atoms. The summed E-state index contributed by atoms with van der Waals surface area (Å²) in [7, 11) is 0. The van der Waals surface area contributed by atoms with Crippen molar-refractivity contribution in [2.45, 2.75) is 116 Å². The van der Waals surface area contributed by atoms with Crippen molar-refractivity contribution >= 4 is 5.78 Å². The molecule has 19 atom stereocenters. The van der Waals surface area contributed by atoms with E-state index >= 15 is 0 Å². The second kappa shape index (κ2) is 16.0. The van der Waals surface area contributed by atoms with Crippen LogP contribution in [-0.2, 0) is 28.5 Å². The van der Waals surface area contributed by atoms with Gasteiger partial charge in [0.25, 0.3) is 5.79 Å². The summed E-state index contributed by atoms with van der Waals surface area (Å²) in [6, 6.07) is 0. The van der Waals surface area contributed by atoms with E-state index in [1.54, 1.807) is 0 Å². The van der Waals surface area contributed by atoms with E-state index in [9.17, 15) is 86.5 Å². The maximum Gasteiger partial charge on any atom is 0.259 e. The molecule has 4 unspecified atom stereocenters. The minimum Gasteiger partial charge on any atom is -0.394 e. The molecule has 0 amide bonds. The predicted octanol–water partition coefficient (Wildman–Crippen LogP) is -11.2. The van der Waals surface area contributed by atoms with Gasteiger partial charge in [0.2, 0.25) is 5.78 Å². The zero-order valence-corrected chi connectivity index (χ0v) is 23.8. The quantitative estimate of drug-likeness (QED) is 0.0857. The minimum atomic E-state index is -3.50. The van der Waals surface area contributed by atoms with Crippen LogP contribution < -0.4 is 0 Å². The third-order valence-electron chi connectivity index (χ3n) is 8.03. The van der Waals surface area contributed by atoms with E-state index in [-0.39, 0.29) is 0 Å². The summed E-state index contributed by atoms with van der Waals surface area (Å²) in [5.74, 6) is -5.45. The first-order valence-electron chi connectivity index (χ1n) is 14.0. The predicted molar refractivity (Wildman–Crippen MR) is 136 cm³/mol. The molecule has 22 heteroatoms. The molecule has 0 aromatic rings. The van der Waals surface area contributed by atoms with Crippen molar-refractivity contribution in [3.8, 4) is 0 Å². The van der Waals surface area contributed by atoms with E-state index in [1.165, 1.54) is 0 Å². The van der Waals surface area contributed by atoms with E-state index in [2.05, 4.69) is 0 Å². The van der Waals surface area contributed by atoms with Crippen molar-refractivity contribution in [1.29, 1.82) is 0 Å². The van der Waals surface area contributed by atoms with Crippen LogP contribution in [0, 0.1) is 0 Å². The van der Waals surface area contributed by atoms with E-state index in [0.29, 0.717) is 0 Å². The molecule has 3 aliphatic heterocycles. The van der Waals surface area contributed by atoms with Gasteiger partial charge in [-0.1, -0.05) is 0 Å². The number of hydrogen-bond donors (Lipinski definition) is 16. The van der Waals surface area contributed by atoms with Crippen LogP contribution in [0.15, 0.2) is 0 Å². The zero-order chi connectivity index (χ0) is 34.8. The number of aliphatic hydroxyl groups excluding tert-OH is 15. The molecule has 0 spiro atoms. The fourth-order valence-corrected chi connectivity index (χ4v) is 5.02. The smallest absolute Gasteiger partial charge is 0.259 e. The summed E-state index contributed by atoms with van der Waals surface area (Å²) in [5, 5.41) is 161. The molecule has 16 N–H and O–H groups in total. The Morgan fingerprint density at radius 1 is 0.630 bits per heavy atom. The molecule has 3 rings (SSSR count). The Labute approximate surface area is 259 Å². The highest BCUT2D eigenvalue weighted by atomic mass is 16.7. The summed E-state index contributed by atoms with van der Waals surface area (Å²) in [6.45, 7) is -3.62. The third-order valence-corrected chi connectivity index (χ3v) is 8.03. The Bertz CT molecular complexity index is 972. The maximum absolute atomic E-state index is 12.7. The largest absolute Gasteiger partial charge is 0.394 e. The lowest BCUT2D eigenvalue weighted by molar-refractivity contribution is -0.335. The van der Waals surface area contributed by atoms with Crippen LogP contribution in [0.4, 0.5) is 0 Å². The minimum absolute atomic E-state index is 0.717. The molecule has 0 aromatic heterocycles. The molecule has 0 aliphatic carbocycles. The van der Waals surface area contributed by atoms with Crippen molar-refractivity contribution in [2.24, 2.45) is 0 Å². The number of ether oxygens (including phenoxy) is 5. The van der Waals surface area contributed by atoms with Crippen molar-refractivity contribution in [3.05, 3.63) is 0 Å². The summed E-state index contributed by atoms with van der Waals surface area (Å²) in [6.07, 6.45) is -36.4. The molecule has 3 aliphatic rings. The van der Waals surface area contributed by atoms with Crippen molar-refractivity contribution in [1.82, 2.24) is 0 Å². The van der Waals surface area contributed by atoms with Gasteiger partial charge in [0, 0.05) is 0 Å². The molecule has 270 valence electrons. The Morgan fingerprint density at radius 2 is 1.11 bits per heavy atom. The van der Waals surface area contributed by atoms with Crippen LogP contribution in [-0.4, -0.2) is 230 Å². The van der Waals surface area contributed by atoms with Crippen molar-refractivity contribution in [3.63, 3.8) is 0 Å². The Morgan fingerprint density at radius 3 is 1.65 bits per heavy atom. The first-order valence-corrected chi connectivity index (χ1v) is 14.0. The normalized spacial score (nSPS) is 46.3. The van der Waals surface area contributed by atoms with E-state index < -0.39 is 148 Å². The Hall–Kier alpha value is -1.17. The standard InChI is InChI=1S/C24H42O22/c25-1-6-10(29)14(33)18(37)23(44-6)43-4-8-12(31)15(34)19(38)22(45-8)42-3-5(27)9(28)13(32)17(36)21(40)24(41)20(39)16(35)11(30)7(2-26)46-24/h5-20,22-23,25-39,41H,1-4H2/t5-,6-,7-,8-,9-,10?,11-,12-,13+,14?,15+,16+,17-,18?,19?,20+,22+,23+,24+/m1/s1. The Balaban J connectivity index is 1.59. The van der Waals surface area contributed by atoms with Crippen LogP contribution >= 0.6 is 0 Å². The number of rotatable bonds is 13. The number of carbonyl (C=O) groups excluding carboxylic acids is 1. The van der Waals surface area contributed by atoms with Gasteiger partial charge in [-0.3, -0.25) is 4.79 Å². The molecular weight excluding hydrogens is 640 g/mol. The van der Waals surface area contributed by atoms with Crippen molar-refractivity contribution in [2.75, 3.05) is 26.4 Å². The van der Waals surface area contributed by atoms with Gasteiger partial charge in [-0.2, -0.15) is 0 Å². The average molecular weight is 683 g/mol. The van der Waals surface area contributed by atoms with Gasteiger partial charge < -0.3 is 105 Å². The van der Waals surface area contributed by atoms with Gasteiger partial charge in [-0.05, 0) is 0 Å². The monoisotopic (exact) mass is 682 g/mol. The summed E-state index contributed by atoms with van der Waals surface area (Å²) in [4.78, 5) is 12.7. The third kappa shape index (κ3) is 7.83. The van der Waals surface area contributed by atoms with E-state index in [0.717, 1.165) is 0 Å². The fourth-order valence-electron chi connectivity index (χ4n) is 5.02. The van der Waals surface area contributed by atoms with Gasteiger partial charge in [-0.25, -0.2) is 0 Å². The van der Waals surface area contributed by atoms with Gasteiger partial charge in [0.1, 0.15) is 97.7 Å². The average Bonchev–Trinajstić information content (AvgIpc) is 3.05. The van der Waals surface area contributed by atoms with Gasteiger partial charge in [0.05, 0.1) is 26.4 Å². The molecule has 3 heterocycles. The number of ketones is 1. The lowest BCUT2D eigenvalue weighted by atomic mass is 9.86. The lowest BCUT2D eigenvalue weighted by Crippen LogP contribution is -2.70. The number of carbonyl (C=O) groups is 1. The van der Waals surface area contributed by atoms with Gasteiger partial charge >= 0.3 is 0 Å². The topological polar surface area (TPSA) is 387 Å². The van der Waals surface area contributed by atoms with Crippen molar-refractivity contribution < 1.29 is 110 Å². The molecule has 22 nitrogen and oxygen atoms in total.